The standard InChI is InChI=1S/C8H10ClN3O/c1-2-7(5-13)12-8-10-3-6(9)4-11-8/h2-4,7,13H,1,5H2,(H,10,11,12). The zero-order chi connectivity index (χ0) is 9.68. The molecule has 1 aromatic rings. The minimum Gasteiger partial charge on any atom is -0.394 e. The van der Waals surface area contributed by atoms with Gasteiger partial charge < -0.3 is 10.4 Å². The third kappa shape index (κ3) is 3.01. The Balaban J connectivity index is 2.63. The first-order valence-electron chi connectivity index (χ1n) is 3.73. The highest BCUT2D eigenvalue weighted by Crippen LogP contribution is 2.06. The summed E-state index contributed by atoms with van der Waals surface area (Å²) in [6, 6.07) is -0.235. The summed E-state index contributed by atoms with van der Waals surface area (Å²) in [4.78, 5) is 7.80. The third-order valence-corrected chi connectivity index (χ3v) is 1.61. The van der Waals surface area contributed by atoms with E-state index >= 15 is 0 Å². The first-order valence-corrected chi connectivity index (χ1v) is 4.11. The Bertz CT molecular complexity index is 275. The van der Waals surface area contributed by atoms with Gasteiger partial charge in [-0.2, -0.15) is 0 Å². The summed E-state index contributed by atoms with van der Waals surface area (Å²) in [6.45, 7) is 3.50. The van der Waals surface area contributed by atoms with E-state index in [4.69, 9.17) is 16.7 Å². The molecule has 0 bridgehead atoms. The summed E-state index contributed by atoms with van der Waals surface area (Å²) in [5.41, 5.74) is 0. The smallest absolute Gasteiger partial charge is 0.223 e. The number of hydrogen-bond donors (Lipinski definition) is 2. The number of nitrogens with zero attached hydrogens (tertiary/aromatic N) is 2. The van der Waals surface area contributed by atoms with E-state index in [1.54, 1.807) is 6.08 Å². The van der Waals surface area contributed by atoms with E-state index in [-0.39, 0.29) is 12.6 Å². The van der Waals surface area contributed by atoms with Gasteiger partial charge in [-0.3, -0.25) is 0 Å². The molecule has 0 saturated heterocycles. The van der Waals surface area contributed by atoms with Crippen LogP contribution in [0.2, 0.25) is 5.02 Å². The predicted molar refractivity (Wildman–Crippen MR) is 51.7 cm³/mol. The summed E-state index contributed by atoms with van der Waals surface area (Å²) < 4.78 is 0. The van der Waals surface area contributed by atoms with Crippen LogP contribution in [-0.2, 0) is 0 Å². The molecule has 70 valence electrons. The van der Waals surface area contributed by atoms with E-state index < -0.39 is 0 Å². The highest BCUT2D eigenvalue weighted by Gasteiger charge is 2.02. The molecular formula is C8H10ClN3O. The maximum atomic E-state index is 8.83. The number of aliphatic hydroxyl groups excluding tert-OH is 1. The van der Waals surface area contributed by atoms with Crippen molar-refractivity contribution in [3.05, 3.63) is 30.1 Å². The van der Waals surface area contributed by atoms with Gasteiger partial charge in [0.25, 0.3) is 0 Å². The lowest BCUT2D eigenvalue weighted by Crippen LogP contribution is -2.21. The van der Waals surface area contributed by atoms with Crippen LogP contribution in [0.1, 0.15) is 0 Å². The molecule has 1 heterocycles. The zero-order valence-electron chi connectivity index (χ0n) is 6.94. The fraction of sp³-hybridized carbons (Fsp3) is 0.250. The SMILES string of the molecule is C=CC(CO)Nc1ncc(Cl)cn1. The van der Waals surface area contributed by atoms with Crippen molar-refractivity contribution in [3.63, 3.8) is 0 Å². The summed E-state index contributed by atoms with van der Waals surface area (Å²) in [6.07, 6.45) is 4.54. The molecule has 13 heavy (non-hydrogen) atoms. The molecule has 5 heteroatoms. The number of aromatic nitrogens is 2. The van der Waals surface area contributed by atoms with Crippen molar-refractivity contribution in [2.75, 3.05) is 11.9 Å². The molecule has 0 aliphatic rings. The number of nitrogens with one attached hydrogen (secondary N) is 1. The van der Waals surface area contributed by atoms with Gasteiger partial charge >= 0.3 is 0 Å². The molecular weight excluding hydrogens is 190 g/mol. The second kappa shape index (κ2) is 4.79. The Morgan fingerprint density at radius 1 is 1.62 bits per heavy atom. The highest BCUT2D eigenvalue weighted by molar-refractivity contribution is 6.30. The Morgan fingerprint density at radius 2 is 2.23 bits per heavy atom. The number of anilines is 1. The fourth-order valence-corrected chi connectivity index (χ4v) is 0.829. The van der Waals surface area contributed by atoms with Gasteiger partial charge in [-0.1, -0.05) is 17.7 Å². The Labute approximate surface area is 81.3 Å². The van der Waals surface area contributed by atoms with E-state index in [1.807, 2.05) is 0 Å². The van der Waals surface area contributed by atoms with Crippen molar-refractivity contribution >= 4 is 17.5 Å². The second-order valence-corrected chi connectivity index (χ2v) is 2.83. The molecule has 1 aromatic heterocycles. The topological polar surface area (TPSA) is 58.0 Å². The number of aliphatic hydroxyl groups is 1. The number of halogens is 1. The van der Waals surface area contributed by atoms with Crippen LogP contribution in [0.5, 0.6) is 0 Å². The summed E-state index contributed by atoms with van der Waals surface area (Å²) in [5, 5.41) is 12.2. The van der Waals surface area contributed by atoms with Crippen LogP contribution in [0.15, 0.2) is 25.0 Å². The molecule has 0 aromatic carbocycles. The zero-order valence-corrected chi connectivity index (χ0v) is 7.70. The average Bonchev–Trinajstić information content (AvgIpc) is 2.17. The van der Waals surface area contributed by atoms with E-state index in [0.29, 0.717) is 11.0 Å². The molecule has 0 aliphatic carbocycles. The van der Waals surface area contributed by atoms with E-state index in [0.717, 1.165) is 0 Å². The molecule has 2 N–H and O–H groups in total. The molecule has 0 fully saturated rings. The molecule has 0 saturated carbocycles. The van der Waals surface area contributed by atoms with Gasteiger partial charge in [0.05, 0.1) is 30.1 Å². The van der Waals surface area contributed by atoms with Crippen LogP contribution in [-0.4, -0.2) is 27.7 Å². The van der Waals surface area contributed by atoms with Crippen molar-refractivity contribution in [1.82, 2.24) is 9.97 Å². The lowest BCUT2D eigenvalue weighted by Gasteiger charge is -2.10. The third-order valence-electron chi connectivity index (χ3n) is 1.42. The average molecular weight is 200 g/mol. The van der Waals surface area contributed by atoms with Crippen molar-refractivity contribution < 1.29 is 5.11 Å². The van der Waals surface area contributed by atoms with Gasteiger partial charge in [0.2, 0.25) is 5.95 Å². The van der Waals surface area contributed by atoms with Gasteiger partial charge in [-0.05, 0) is 0 Å². The fourth-order valence-electron chi connectivity index (χ4n) is 0.732. The first kappa shape index (κ1) is 9.95. The molecule has 1 atom stereocenters. The van der Waals surface area contributed by atoms with Crippen molar-refractivity contribution in [2.24, 2.45) is 0 Å². The van der Waals surface area contributed by atoms with E-state index in [2.05, 4.69) is 21.9 Å². The van der Waals surface area contributed by atoms with Crippen molar-refractivity contribution in [3.8, 4) is 0 Å². The van der Waals surface area contributed by atoms with Gasteiger partial charge in [-0.15, -0.1) is 6.58 Å². The van der Waals surface area contributed by atoms with Crippen LogP contribution in [0.4, 0.5) is 5.95 Å². The lowest BCUT2D eigenvalue weighted by molar-refractivity contribution is 0.290. The lowest BCUT2D eigenvalue weighted by atomic mass is 10.3. The summed E-state index contributed by atoms with van der Waals surface area (Å²) in [5.74, 6) is 0.420. The molecule has 1 rings (SSSR count). The van der Waals surface area contributed by atoms with E-state index in [1.165, 1.54) is 12.4 Å². The Hall–Kier alpha value is -1.13. The van der Waals surface area contributed by atoms with Crippen LogP contribution in [0, 0.1) is 0 Å². The maximum Gasteiger partial charge on any atom is 0.223 e. The predicted octanol–water partition coefficient (Wildman–Crippen LogP) is 1.09. The molecule has 0 spiro atoms. The van der Waals surface area contributed by atoms with Crippen LogP contribution in [0.3, 0.4) is 0 Å². The van der Waals surface area contributed by atoms with Crippen LogP contribution >= 0.6 is 11.6 Å². The minimum absolute atomic E-state index is 0.0461. The van der Waals surface area contributed by atoms with Gasteiger partial charge in [0, 0.05) is 0 Å². The van der Waals surface area contributed by atoms with Crippen molar-refractivity contribution in [1.29, 1.82) is 0 Å². The quantitative estimate of drug-likeness (QED) is 0.713. The number of rotatable bonds is 4. The molecule has 0 amide bonds. The molecule has 0 aliphatic heterocycles. The largest absolute Gasteiger partial charge is 0.394 e. The summed E-state index contributed by atoms with van der Waals surface area (Å²) in [7, 11) is 0. The molecule has 0 radical (unpaired) electrons. The Morgan fingerprint density at radius 3 is 2.69 bits per heavy atom. The van der Waals surface area contributed by atoms with Crippen molar-refractivity contribution in [2.45, 2.75) is 6.04 Å². The number of hydrogen-bond acceptors (Lipinski definition) is 4. The van der Waals surface area contributed by atoms with Crippen LogP contribution in [0.25, 0.3) is 0 Å². The minimum atomic E-state index is -0.235. The normalized spacial score (nSPS) is 12.2. The highest BCUT2D eigenvalue weighted by atomic mass is 35.5. The first-order chi connectivity index (χ1) is 6.26. The second-order valence-electron chi connectivity index (χ2n) is 2.39. The summed E-state index contributed by atoms with van der Waals surface area (Å²) >= 11 is 5.59. The molecule has 4 nitrogen and oxygen atoms in total. The molecule has 1 unspecified atom stereocenters. The van der Waals surface area contributed by atoms with Crippen LogP contribution < -0.4 is 5.32 Å². The van der Waals surface area contributed by atoms with Gasteiger partial charge in [0.1, 0.15) is 0 Å². The Kier molecular flexibility index (Phi) is 3.67. The monoisotopic (exact) mass is 199 g/mol. The van der Waals surface area contributed by atoms with Gasteiger partial charge in [0.15, 0.2) is 0 Å². The van der Waals surface area contributed by atoms with E-state index in [9.17, 15) is 0 Å². The van der Waals surface area contributed by atoms with Gasteiger partial charge in [-0.25, -0.2) is 9.97 Å². The maximum absolute atomic E-state index is 8.83.